The van der Waals surface area contributed by atoms with Gasteiger partial charge in [-0.05, 0) is 55.2 Å². The summed E-state index contributed by atoms with van der Waals surface area (Å²) in [4.78, 5) is 17.2. The highest BCUT2D eigenvalue weighted by atomic mass is 35.5. The van der Waals surface area contributed by atoms with Crippen molar-refractivity contribution in [2.75, 3.05) is 0 Å². The van der Waals surface area contributed by atoms with Crippen molar-refractivity contribution in [3.8, 4) is 6.07 Å². The van der Waals surface area contributed by atoms with Crippen LogP contribution in [0.5, 0.6) is 0 Å². The van der Waals surface area contributed by atoms with Crippen molar-refractivity contribution in [1.29, 1.82) is 5.26 Å². The van der Waals surface area contributed by atoms with Crippen LogP contribution in [0.4, 0.5) is 30.7 Å². The number of hydrogen-bond donors (Lipinski definition) is 1. The van der Waals surface area contributed by atoms with Crippen LogP contribution in [0.1, 0.15) is 51.9 Å². The number of nitrogens with one attached hydrogen (secondary N) is 1. The molecule has 2 aromatic rings. The lowest BCUT2D eigenvalue weighted by Crippen LogP contribution is -2.44. The molecule has 0 spiro atoms. The van der Waals surface area contributed by atoms with Crippen molar-refractivity contribution >= 4 is 23.2 Å². The van der Waals surface area contributed by atoms with Gasteiger partial charge in [-0.3, -0.25) is 4.79 Å². The molecule has 1 heterocycles. The van der Waals surface area contributed by atoms with Gasteiger partial charge in [0.2, 0.25) is 0 Å². The molecule has 196 valence electrons. The molecule has 13 heteroatoms. The molecular formula is C24H17ClF7N3O2. The third-order valence-electron chi connectivity index (χ3n) is 6.44. The lowest BCUT2D eigenvalue weighted by molar-refractivity contribution is -0.276. The number of benzene rings is 2. The summed E-state index contributed by atoms with van der Waals surface area (Å²) in [7, 11) is 0. The van der Waals surface area contributed by atoms with E-state index in [1.807, 2.05) is 0 Å². The Hall–Kier alpha value is -3.33. The van der Waals surface area contributed by atoms with E-state index in [0.29, 0.717) is 18.4 Å². The van der Waals surface area contributed by atoms with E-state index in [2.05, 4.69) is 21.4 Å². The number of halogens is 8. The molecule has 37 heavy (non-hydrogen) atoms. The summed E-state index contributed by atoms with van der Waals surface area (Å²) in [6.07, 6.45) is -10.6. The van der Waals surface area contributed by atoms with Gasteiger partial charge in [0.1, 0.15) is 5.82 Å². The maximum Gasteiger partial charge on any atom is 0.435 e. The zero-order valence-corrected chi connectivity index (χ0v) is 19.7. The summed E-state index contributed by atoms with van der Waals surface area (Å²) >= 11 is 5.51. The van der Waals surface area contributed by atoms with Gasteiger partial charge in [0.05, 0.1) is 34.7 Å². The lowest BCUT2D eigenvalue weighted by Gasteiger charge is -2.31. The van der Waals surface area contributed by atoms with Gasteiger partial charge in [0, 0.05) is 17.2 Å². The zero-order valence-electron chi connectivity index (χ0n) is 18.9. The summed E-state index contributed by atoms with van der Waals surface area (Å²) in [6.45, 7) is 1.54. The van der Waals surface area contributed by atoms with E-state index in [0.717, 1.165) is 0 Å². The van der Waals surface area contributed by atoms with Gasteiger partial charge >= 0.3 is 12.4 Å². The lowest BCUT2D eigenvalue weighted by atomic mass is 9.81. The number of carbonyl (C=O) groups is 1. The van der Waals surface area contributed by atoms with Crippen molar-refractivity contribution < 1.29 is 40.4 Å². The first kappa shape index (κ1) is 26.7. The number of hydrogen-bond acceptors (Lipinski definition) is 4. The van der Waals surface area contributed by atoms with Crippen LogP contribution >= 0.6 is 11.6 Å². The van der Waals surface area contributed by atoms with Crippen molar-refractivity contribution in [3.63, 3.8) is 0 Å². The van der Waals surface area contributed by atoms with Crippen LogP contribution in [0.3, 0.4) is 0 Å². The third-order valence-corrected chi connectivity index (χ3v) is 6.71. The van der Waals surface area contributed by atoms with Gasteiger partial charge in [-0.2, -0.15) is 31.6 Å². The fourth-order valence-electron chi connectivity index (χ4n) is 4.29. The number of aryl methyl sites for hydroxylation is 1. The number of nitriles is 1. The van der Waals surface area contributed by atoms with Crippen molar-refractivity contribution in [2.45, 2.75) is 50.2 Å². The highest BCUT2D eigenvalue weighted by Crippen LogP contribution is 2.51. The summed E-state index contributed by atoms with van der Waals surface area (Å²) in [5.74, 6) is -2.26. The predicted octanol–water partition coefficient (Wildman–Crippen LogP) is 6.42. The summed E-state index contributed by atoms with van der Waals surface area (Å²) in [5, 5.41) is 13.9. The molecular weight excluding hydrogens is 531 g/mol. The number of alkyl halides is 6. The predicted molar refractivity (Wildman–Crippen MR) is 117 cm³/mol. The average molecular weight is 548 g/mol. The minimum atomic E-state index is -5.37. The SMILES string of the molecule is Cc1cc(C2=NO[C@@](c3cc(C(F)(F)F)cc(Cl)c3F)(C(F)(F)F)C2)ccc1C(=O)N[C@H]1C[C@H](C#N)C1. The fraction of sp³-hybridized carbons (Fsp3) is 0.375. The average Bonchev–Trinajstić information content (AvgIpc) is 3.23. The zero-order chi connectivity index (χ0) is 27.3. The van der Waals surface area contributed by atoms with E-state index in [1.54, 1.807) is 0 Å². The van der Waals surface area contributed by atoms with Crippen LogP contribution in [0.2, 0.25) is 5.02 Å². The number of oxime groups is 1. The standard InChI is InChI=1S/C24H17ClF7N3O2/c1-11-4-13(2-3-16(11)21(36)34-15-5-12(6-15)10-33)19-9-22(37-35-19,24(30,31)32)17-7-14(23(27,28)29)8-18(25)20(17)26/h2-4,7-8,12,15H,5-6,9H2,1H3,(H,34,36)/t12-,15-,22-/m0/s1. The van der Waals surface area contributed by atoms with Crippen molar-refractivity contribution in [3.05, 3.63) is 69.0 Å². The smallest absolute Gasteiger partial charge is 0.374 e. The van der Waals surface area contributed by atoms with Crippen molar-refractivity contribution in [2.24, 2.45) is 11.1 Å². The van der Waals surface area contributed by atoms with Gasteiger partial charge in [0.25, 0.3) is 11.5 Å². The van der Waals surface area contributed by atoms with E-state index in [9.17, 15) is 35.5 Å². The second-order valence-corrected chi connectivity index (χ2v) is 9.35. The molecule has 1 aliphatic carbocycles. The Morgan fingerprint density at radius 1 is 1.19 bits per heavy atom. The fourth-order valence-corrected chi connectivity index (χ4v) is 4.51. The van der Waals surface area contributed by atoms with E-state index < -0.39 is 52.2 Å². The number of carbonyl (C=O) groups excluding carboxylic acids is 1. The summed E-state index contributed by atoms with van der Waals surface area (Å²) in [5.41, 5.74) is -6.16. The van der Waals surface area contributed by atoms with E-state index in [1.165, 1.54) is 25.1 Å². The first-order valence-corrected chi connectivity index (χ1v) is 11.2. The molecule has 1 aliphatic heterocycles. The van der Waals surface area contributed by atoms with Crippen LogP contribution in [0.15, 0.2) is 35.5 Å². The van der Waals surface area contributed by atoms with Gasteiger partial charge in [-0.15, -0.1) is 0 Å². The van der Waals surface area contributed by atoms with Crippen LogP contribution in [-0.2, 0) is 16.6 Å². The molecule has 1 fully saturated rings. The molecule has 0 radical (unpaired) electrons. The molecule has 0 aromatic heterocycles. The normalized spacial score (nSPS) is 23.5. The van der Waals surface area contributed by atoms with Crippen LogP contribution < -0.4 is 5.32 Å². The Morgan fingerprint density at radius 2 is 1.86 bits per heavy atom. The maximum absolute atomic E-state index is 14.7. The minimum absolute atomic E-state index is 0.0170. The molecule has 1 atom stereocenters. The van der Waals surface area contributed by atoms with Gasteiger partial charge in [-0.25, -0.2) is 4.39 Å². The van der Waals surface area contributed by atoms with E-state index in [4.69, 9.17) is 16.9 Å². The Labute approximate surface area is 210 Å². The quantitative estimate of drug-likeness (QED) is 0.449. The number of amides is 1. The highest BCUT2D eigenvalue weighted by Gasteiger charge is 2.64. The first-order valence-electron chi connectivity index (χ1n) is 10.9. The number of rotatable bonds is 4. The largest absolute Gasteiger partial charge is 0.435 e. The first-order chi connectivity index (χ1) is 17.2. The maximum atomic E-state index is 14.7. The van der Waals surface area contributed by atoms with Crippen molar-refractivity contribution in [1.82, 2.24) is 5.32 Å². The van der Waals surface area contributed by atoms with E-state index >= 15 is 0 Å². The molecule has 1 amide bonds. The van der Waals surface area contributed by atoms with Crippen LogP contribution in [0, 0.1) is 30.0 Å². The van der Waals surface area contributed by atoms with Crippen LogP contribution in [-0.4, -0.2) is 23.8 Å². The topological polar surface area (TPSA) is 74.5 Å². The molecule has 2 aromatic carbocycles. The molecule has 1 N–H and O–H groups in total. The Bertz CT molecular complexity index is 1330. The molecule has 4 rings (SSSR count). The Morgan fingerprint density at radius 3 is 2.43 bits per heavy atom. The third kappa shape index (κ3) is 4.84. The minimum Gasteiger partial charge on any atom is -0.374 e. The molecule has 5 nitrogen and oxygen atoms in total. The number of nitrogens with zero attached hydrogens (tertiary/aromatic N) is 2. The summed E-state index contributed by atoms with van der Waals surface area (Å²) in [6, 6.07) is 6.19. The second kappa shape index (κ2) is 9.20. The molecule has 2 aliphatic rings. The summed E-state index contributed by atoms with van der Waals surface area (Å²) < 4.78 is 97.1. The van der Waals surface area contributed by atoms with Gasteiger partial charge < -0.3 is 10.2 Å². The second-order valence-electron chi connectivity index (χ2n) is 8.95. The highest BCUT2D eigenvalue weighted by molar-refractivity contribution is 6.30. The Kier molecular flexibility index (Phi) is 6.65. The molecule has 1 saturated carbocycles. The Balaban J connectivity index is 1.63. The molecule has 0 saturated heterocycles. The van der Waals surface area contributed by atoms with E-state index in [-0.39, 0.29) is 40.9 Å². The molecule has 0 unspecified atom stereocenters. The molecule has 0 bridgehead atoms. The van der Waals surface area contributed by atoms with Crippen LogP contribution in [0.25, 0.3) is 0 Å². The monoisotopic (exact) mass is 547 g/mol. The van der Waals surface area contributed by atoms with Gasteiger partial charge in [-0.1, -0.05) is 22.8 Å². The van der Waals surface area contributed by atoms with Gasteiger partial charge in [0.15, 0.2) is 0 Å².